The summed E-state index contributed by atoms with van der Waals surface area (Å²) in [5.41, 5.74) is 3.78. The molecule has 0 bridgehead atoms. The normalized spacial score (nSPS) is 21.2. The predicted molar refractivity (Wildman–Crippen MR) is 162 cm³/mol. The van der Waals surface area contributed by atoms with Crippen molar-refractivity contribution < 1.29 is 65.9 Å². The van der Waals surface area contributed by atoms with Crippen LogP contribution in [0.15, 0.2) is 34.0 Å². The van der Waals surface area contributed by atoms with Gasteiger partial charge in [-0.05, 0) is 24.5 Å². The Labute approximate surface area is 271 Å². The van der Waals surface area contributed by atoms with Crippen molar-refractivity contribution in [3.05, 3.63) is 72.0 Å². The first kappa shape index (κ1) is 39.5. The van der Waals surface area contributed by atoms with E-state index in [2.05, 4.69) is 30.0 Å². The Morgan fingerprint density at radius 1 is 1.17 bits per heavy atom. The first-order valence-electron chi connectivity index (χ1n) is 13.8. The van der Waals surface area contributed by atoms with Gasteiger partial charge in [0.1, 0.15) is 12.3 Å². The molecule has 1 aliphatic rings. The van der Waals surface area contributed by atoms with Crippen molar-refractivity contribution in [1.29, 1.82) is 0 Å². The lowest BCUT2D eigenvalue weighted by molar-refractivity contribution is -0.386. The van der Waals surface area contributed by atoms with E-state index in [1.165, 1.54) is 12.1 Å². The average molecular weight is 742 g/mol. The number of nitro benzene ring substituents is 1. The number of nitrogens with zero attached hydrogens (tertiary/aromatic N) is 2. The van der Waals surface area contributed by atoms with Gasteiger partial charge in [-0.15, -0.1) is 0 Å². The Kier molecular flexibility index (Phi) is 13.4. The van der Waals surface area contributed by atoms with Crippen LogP contribution in [0.5, 0.6) is 0 Å². The molecule has 8 N–H and O–H groups in total. The minimum atomic E-state index is -5.78. The van der Waals surface area contributed by atoms with E-state index in [-0.39, 0.29) is 35.7 Å². The molecule has 48 heavy (non-hydrogen) atoms. The lowest BCUT2D eigenvalue weighted by Gasteiger charge is -2.21. The molecule has 6 atom stereocenters. The second kappa shape index (κ2) is 16.2. The Balaban J connectivity index is 1.78. The van der Waals surface area contributed by atoms with Gasteiger partial charge >= 0.3 is 29.2 Å². The van der Waals surface area contributed by atoms with Gasteiger partial charge in [0, 0.05) is 24.2 Å². The highest BCUT2D eigenvalue weighted by atomic mass is 31.3. The van der Waals surface area contributed by atoms with E-state index in [0.717, 1.165) is 10.8 Å². The molecule has 3 rings (SSSR count). The molecule has 266 valence electrons. The number of aromatic nitrogens is 2. The van der Waals surface area contributed by atoms with Crippen LogP contribution in [0.1, 0.15) is 55.7 Å². The summed E-state index contributed by atoms with van der Waals surface area (Å²) < 4.78 is 58.5. The van der Waals surface area contributed by atoms with Crippen LogP contribution in [0.2, 0.25) is 0 Å². The molecule has 1 aromatic heterocycles. The van der Waals surface area contributed by atoms with E-state index in [1.807, 2.05) is 13.8 Å². The van der Waals surface area contributed by atoms with Crippen molar-refractivity contribution in [1.82, 2.24) is 9.55 Å². The molecule has 0 radical (unpaired) electrons. The quantitative estimate of drug-likeness (QED) is 0.0580. The van der Waals surface area contributed by atoms with E-state index in [4.69, 9.17) is 25.0 Å². The zero-order valence-corrected chi connectivity index (χ0v) is 27.9. The first-order chi connectivity index (χ1) is 22.2. The fourth-order valence-electron chi connectivity index (χ4n) is 4.46. The highest BCUT2D eigenvalue weighted by Crippen LogP contribution is 2.66. The molecule has 1 saturated heterocycles. The standard InChI is InChI=1S/C24H33N4O17P3/c1-14(2)8-20(17-6-5-15(4-3-7-25)9-18(17)28(32)33)41-12-16-11-27(24(31)26-23(16)30)22-10-19(29)21(43-22)13-42-47(37,38)45-48(39,40)44-46(34,35)36/h5-6,9,11,14,19-22,29H,7-8,10,12-13,25H2,1-2H3,(H,37,38)(H,39,40)(H,26,30,31)(H2,34,35,36)/t19-,20?,21-,22-/m1/s1. The third-order valence-electron chi connectivity index (χ3n) is 6.41. The van der Waals surface area contributed by atoms with E-state index < -0.39 is 77.4 Å². The second-order valence-corrected chi connectivity index (χ2v) is 15.0. The number of aromatic amines is 1. The van der Waals surface area contributed by atoms with Gasteiger partial charge < -0.3 is 39.9 Å². The molecule has 3 unspecified atom stereocenters. The maximum Gasteiger partial charge on any atom is 0.490 e. The molecule has 1 fully saturated rings. The van der Waals surface area contributed by atoms with Crippen molar-refractivity contribution in [2.75, 3.05) is 13.2 Å². The summed E-state index contributed by atoms with van der Waals surface area (Å²) in [7, 11) is -16.9. The van der Waals surface area contributed by atoms with Crippen LogP contribution in [0.4, 0.5) is 5.69 Å². The first-order valence-corrected chi connectivity index (χ1v) is 18.3. The smallest absolute Gasteiger partial charge is 0.390 e. The average Bonchev–Trinajstić information content (AvgIpc) is 3.31. The number of phosphoric ester groups is 1. The fraction of sp³-hybridized carbons (Fsp3) is 0.500. The van der Waals surface area contributed by atoms with Crippen molar-refractivity contribution in [3.8, 4) is 11.8 Å². The van der Waals surface area contributed by atoms with Crippen LogP contribution in [0.25, 0.3) is 0 Å². The van der Waals surface area contributed by atoms with Gasteiger partial charge in [0.05, 0.1) is 48.0 Å². The fourth-order valence-corrected chi connectivity index (χ4v) is 7.49. The van der Waals surface area contributed by atoms with Crippen LogP contribution in [-0.2, 0) is 42.9 Å². The molecule has 0 saturated carbocycles. The molecule has 0 aliphatic carbocycles. The van der Waals surface area contributed by atoms with E-state index in [9.17, 15) is 48.3 Å². The Hall–Kier alpha value is -2.89. The molecule has 21 nitrogen and oxygen atoms in total. The minimum Gasteiger partial charge on any atom is -0.390 e. The largest absolute Gasteiger partial charge is 0.490 e. The highest BCUT2D eigenvalue weighted by Gasteiger charge is 2.43. The topological polar surface area (TPSA) is 323 Å². The van der Waals surface area contributed by atoms with Crippen molar-refractivity contribution in [2.24, 2.45) is 11.7 Å². The third-order valence-corrected chi connectivity index (χ3v) is 10.2. The number of nitrogens with one attached hydrogen (secondary N) is 1. The van der Waals surface area contributed by atoms with Crippen LogP contribution in [0.3, 0.4) is 0 Å². The van der Waals surface area contributed by atoms with Crippen LogP contribution >= 0.6 is 23.5 Å². The Bertz CT molecular complexity index is 1810. The lowest BCUT2D eigenvalue weighted by Crippen LogP contribution is -2.34. The van der Waals surface area contributed by atoms with Gasteiger partial charge in [-0.1, -0.05) is 25.7 Å². The minimum absolute atomic E-state index is 0.00590. The zero-order chi connectivity index (χ0) is 36.0. The molecule has 0 amide bonds. The number of benzene rings is 1. The molecular formula is C24H33N4O17P3. The van der Waals surface area contributed by atoms with Crippen LogP contribution in [0, 0.1) is 27.9 Å². The van der Waals surface area contributed by atoms with E-state index in [0.29, 0.717) is 12.0 Å². The molecule has 1 aromatic carbocycles. The number of nitro groups is 1. The molecule has 2 aromatic rings. The van der Waals surface area contributed by atoms with Crippen molar-refractivity contribution in [2.45, 2.75) is 57.8 Å². The molecule has 24 heteroatoms. The number of phosphoric acid groups is 3. The number of aliphatic hydroxyl groups is 1. The summed E-state index contributed by atoms with van der Waals surface area (Å²) in [5.74, 6) is 5.34. The van der Waals surface area contributed by atoms with Crippen LogP contribution in [-0.4, -0.2) is 64.5 Å². The number of ether oxygens (including phenoxy) is 2. The SMILES string of the molecule is CC(C)CC(OCc1cn([C@H]2C[C@@H](O)[C@@H](COP(=O)(O)OP(=O)(O)OP(=O)(O)O)O2)c(=O)[nH]c1=O)c1ccc(C#CCN)cc1[N+](=O)[O-]. The Morgan fingerprint density at radius 3 is 2.46 bits per heavy atom. The number of hydrogen-bond acceptors (Lipinski definition) is 14. The van der Waals surface area contributed by atoms with Crippen LogP contribution < -0.4 is 17.0 Å². The summed E-state index contributed by atoms with van der Waals surface area (Å²) in [6.07, 6.45) is -4.01. The van der Waals surface area contributed by atoms with Crippen molar-refractivity contribution in [3.63, 3.8) is 0 Å². The highest BCUT2D eigenvalue weighted by molar-refractivity contribution is 7.66. The monoisotopic (exact) mass is 742 g/mol. The summed E-state index contributed by atoms with van der Waals surface area (Å²) in [4.78, 5) is 74.9. The van der Waals surface area contributed by atoms with E-state index in [1.54, 1.807) is 6.07 Å². The molecule has 2 heterocycles. The van der Waals surface area contributed by atoms with Gasteiger partial charge in [0.2, 0.25) is 0 Å². The maximum atomic E-state index is 12.7. The van der Waals surface area contributed by atoms with E-state index >= 15 is 0 Å². The summed E-state index contributed by atoms with van der Waals surface area (Å²) in [6.45, 7) is 2.36. The second-order valence-electron chi connectivity index (χ2n) is 10.6. The lowest BCUT2D eigenvalue weighted by atomic mass is 9.97. The summed E-state index contributed by atoms with van der Waals surface area (Å²) in [5, 5.41) is 22.3. The number of nitrogens with two attached hydrogens (primary N) is 1. The number of rotatable bonds is 15. The molecule has 1 aliphatic heterocycles. The molecular weight excluding hydrogens is 709 g/mol. The molecule has 0 spiro atoms. The van der Waals surface area contributed by atoms with Crippen molar-refractivity contribution >= 4 is 29.2 Å². The van der Waals surface area contributed by atoms with Gasteiger partial charge in [-0.2, -0.15) is 8.62 Å². The van der Waals surface area contributed by atoms with Gasteiger partial charge in [0.15, 0.2) is 0 Å². The summed E-state index contributed by atoms with van der Waals surface area (Å²) in [6, 6.07) is 4.34. The Morgan fingerprint density at radius 2 is 1.85 bits per heavy atom. The number of H-pyrrole nitrogens is 1. The summed E-state index contributed by atoms with van der Waals surface area (Å²) >= 11 is 0. The van der Waals surface area contributed by atoms with Gasteiger partial charge in [-0.25, -0.2) is 18.5 Å². The number of hydrogen-bond donors (Lipinski definition) is 7. The number of aliphatic hydroxyl groups excluding tert-OH is 1. The third kappa shape index (κ3) is 11.6. The van der Waals surface area contributed by atoms with Gasteiger partial charge in [0.25, 0.3) is 11.2 Å². The predicted octanol–water partition coefficient (Wildman–Crippen LogP) is 1.05. The van der Waals surface area contributed by atoms with Gasteiger partial charge in [-0.3, -0.25) is 29.0 Å². The maximum absolute atomic E-state index is 12.7. The zero-order valence-electron chi connectivity index (χ0n) is 25.2.